The van der Waals surface area contributed by atoms with Crippen molar-refractivity contribution in [2.24, 2.45) is 5.92 Å². The summed E-state index contributed by atoms with van der Waals surface area (Å²) in [6, 6.07) is 8.04. The minimum Gasteiger partial charge on any atom is -0.490 e. The van der Waals surface area contributed by atoms with Gasteiger partial charge in [0.05, 0.1) is 6.20 Å². The number of aliphatic hydroxyl groups excluding tert-OH is 1. The van der Waals surface area contributed by atoms with E-state index in [1.165, 1.54) is 0 Å². The summed E-state index contributed by atoms with van der Waals surface area (Å²) in [5, 5.41) is 21.1. The Balaban J connectivity index is 1.38. The molecule has 24 heavy (non-hydrogen) atoms. The predicted molar refractivity (Wildman–Crippen MR) is 94.5 cm³/mol. The van der Waals surface area contributed by atoms with Crippen molar-refractivity contribution in [2.45, 2.75) is 26.5 Å². The first-order valence-corrected chi connectivity index (χ1v) is 8.47. The minimum absolute atomic E-state index is 0.297. The van der Waals surface area contributed by atoms with Crippen LogP contribution in [0.1, 0.15) is 11.1 Å². The zero-order valence-electron chi connectivity index (χ0n) is 14.3. The van der Waals surface area contributed by atoms with Crippen molar-refractivity contribution < 1.29 is 9.84 Å². The number of rotatable bonds is 7. The zero-order valence-corrected chi connectivity index (χ0v) is 14.3. The van der Waals surface area contributed by atoms with Gasteiger partial charge < -0.3 is 20.5 Å². The summed E-state index contributed by atoms with van der Waals surface area (Å²) in [6.07, 6.45) is 1.29. The topological polar surface area (TPSA) is 71.3 Å². The monoisotopic (exact) mass is 330 g/mol. The molecule has 0 saturated heterocycles. The molecule has 0 aliphatic carbocycles. The molecule has 1 aliphatic rings. The average molecular weight is 330 g/mol. The number of hydrogen-bond acceptors (Lipinski definition) is 5. The lowest BCUT2D eigenvalue weighted by molar-refractivity contribution is 0.104. The lowest BCUT2D eigenvalue weighted by Gasteiger charge is -2.25. The maximum atomic E-state index is 10.1. The molecule has 0 fully saturated rings. The van der Waals surface area contributed by atoms with Crippen LogP contribution in [0.4, 0.5) is 5.82 Å². The minimum atomic E-state index is -0.527. The largest absolute Gasteiger partial charge is 0.490 e. The van der Waals surface area contributed by atoms with Crippen LogP contribution in [-0.2, 0) is 6.54 Å². The highest BCUT2D eigenvalue weighted by Gasteiger charge is 2.18. The first-order valence-electron chi connectivity index (χ1n) is 8.47. The average Bonchev–Trinajstić information content (AvgIpc) is 3.02. The Morgan fingerprint density at radius 1 is 1.38 bits per heavy atom. The molecule has 0 unspecified atom stereocenters. The molecule has 3 N–H and O–H groups in total. The van der Waals surface area contributed by atoms with Crippen molar-refractivity contribution in [3.05, 3.63) is 41.6 Å². The van der Waals surface area contributed by atoms with Crippen LogP contribution in [0.3, 0.4) is 0 Å². The maximum absolute atomic E-state index is 10.1. The molecule has 1 aromatic heterocycles. The number of fused-ring (bicyclic) bond motifs is 1. The van der Waals surface area contributed by atoms with Crippen molar-refractivity contribution in [3.8, 4) is 5.75 Å². The molecule has 0 saturated carbocycles. The predicted octanol–water partition coefficient (Wildman–Crippen LogP) is 1.57. The summed E-state index contributed by atoms with van der Waals surface area (Å²) in [5.41, 5.74) is 2.19. The number of nitrogens with zero attached hydrogens (tertiary/aromatic N) is 2. The Bertz CT molecular complexity index is 651. The molecule has 0 amide bonds. The number of aromatic nitrogens is 2. The van der Waals surface area contributed by atoms with Gasteiger partial charge in [-0.2, -0.15) is 5.10 Å². The third kappa shape index (κ3) is 4.07. The molecule has 130 valence electrons. The number of benzene rings is 1. The zero-order chi connectivity index (χ0) is 16.9. The van der Waals surface area contributed by atoms with Crippen LogP contribution in [0.2, 0.25) is 0 Å². The Morgan fingerprint density at radius 3 is 2.96 bits per heavy atom. The second-order valence-corrected chi connectivity index (χ2v) is 6.49. The van der Waals surface area contributed by atoms with Crippen molar-refractivity contribution in [1.82, 2.24) is 15.1 Å². The molecule has 3 rings (SSSR count). The van der Waals surface area contributed by atoms with E-state index in [1.807, 2.05) is 49.0 Å². The van der Waals surface area contributed by atoms with Gasteiger partial charge in [-0.05, 0) is 25.0 Å². The highest BCUT2D eigenvalue weighted by molar-refractivity contribution is 5.39. The third-order valence-electron chi connectivity index (χ3n) is 4.36. The van der Waals surface area contributed by atoms with E-state index in [2.05, 4.69) is 15.7 Å². The standard InChI is InChI=1S/C18H26N4O2/c1-13-4-3-5-14(2)18(13)24-12-16(23)10-19-8-15-9-20-17-6-7-21-22(17)11-15/h3-7,15-16,19-20,23H,8-12H2,1-2H3/t15-,16+/m1/s1. The molecule has 2 atom stereocenters. The van der Waals surface area contributed by atoms with Crippen LogP contribution < -0.4 is 15.4 Å². The number of ether oxygens (including phenoxy) is 1. The molecule has 1 aromatic carbocycles. The Labute approximate surface area is 142 Å². The summed E-state index contributed by atoms with van der Waals surface area (Å²) in [6.45, 7) is 7.52. The SMILES string of the molecule is Cc1cccc(C)c1OC[C@@H](O)CNC[C@@H]1CNc2ccnn2C1. The summed E-state index contributed by atoms with van der Waals surface area (Å²) in [4.78, 5) is 0. The van der Waals surface area contributed by atoms with Gasteiger partial charge in [0.2, 0.25) is 0 Å². The maximum Gasteiger partial charge on any atom is 0.125 e. The van der Waals surface area contributed by atoms with Gasteiger partial charge in [0.15, 0.2) is 0 Å². The van der Waals surface area contributed by atoms with Gasteiger partial charge >= 0.3 is 0 Å². The Hall–Kier alpha value is -2.05. The van der Waals surface area contributed by atoms with E-state index in [1.54, 1.807) is 0 Å². The van der Waals surface area contributed by atoms with Crippen LogP contribution in [0.5, 0.6) is 5.75 Å². The molecule has 2 aromatic rings. The van der Waals surface area contributed by atoms with Crippen molar-refractivity contribution in [2.75, 3.05) is 31.6 Å². The summed E-state index contributed by atoms with van der Waals surface area (Å²) < 4.78 is 7.77. The fraction of sp³-hybridized carbons (Fsp3) is 0.500. The number of para-hydroxylation sites is 1. The lowest BCUT2D eigenvalue weighted by Crippen LogP contribution is -2.39. The smallest absolute Gasteiger partial charge is 0.125 e. The molecule has 1 aliphatic heterocycles. The van der Waals surface area contributed by atoms with Crippen LogP contribution >= 0.6 is 0 Å². The Morgan fingerprint density at radius 2 is 2.17 bits per heavy atom. The highest BCUT2D eigenvalue weighted by atomic mass is 16.5. The van der Waals surface area contributed by atoms with Gasteiger partial charge in [-0.3, -0.25) is 0 Å². The molecular formula is C18H26N4O2. The second-order valence-electron chi connectivity index (χ2n) is 6.49. The van der Waals surface area contributed by atoms with Crippen LogP contribution in [0, 0.1) is 19.8 Å². The third-order valence-corrected chi connectivity index (χ3v) is 4.36. The highest BCUT2D eigenvalue weighted by Crippen LogP contribution is 2.22. The Kier molecular flexibility index (Phi) is 5.37. The van der Waals surface area contributed by atoms with E-state index in [-0.39, 0.29) is 0 Å². The number of hydrogen-bond donors (Lipinski definition) is 3. The number of aryl methyl sites for hydroxylation is 2. The van der Waals surface area contributed by atoms with E-state index >= 15 is 0 Å². The van der Waals surface area contributed by atoms with Crippen LogP contribution in [0.15, 0.2) is 30.5 Å². The van der Waals surface area contributed by atoms with Crippen molar-refractivity contribution in [1.29, 1.82) is 0 Å². The van der Waals surface area contributed by atoms with Crippen LogP contribution in [0.25, 0.3) is 0 Å². The molecule has 0 bridgehead atoms. The fourth-order valence-electron chi connectivity index (χ4n) is 3.04. The van der Waals surface area contributed by atoms with E-state index in [0.29, 0.717) is 19.1 Å². The van der Waals surface area contributed by atoms with Gasteiger partial charge in [0.1, 0.15) is 24.3 Å². The van der Waals surface area contributed by atoms with Gasteiger partial charge in [-0.15, -0.1) is 0 Å². The molecular weight excluding hydrogens is 304 g/mol. The lowest BCUT2D eigenvalue weighted by atomic mass is 10.1. The van der Waals surface area contributed by atoms with Crippen LogP contribution in [-0.4, -0.2) is 47.2 Å². The second kappa shape index (κ2) is 7.68. The van der Waals surface area contributed by atoms with Gasteiger partial charge in [-0.1, -0.05) is 18.2 Å². The number of aliphatic hydroxyl groups is 1. The molecule has 2 heterocycles. The van der Waals surface area contributed by atoms with Crippen molar-refractivity contribution in [3.63, 3.8) is 0 Å². The van der Waals surface area contributed by atoms with E-state index in [9.17, 15) is 5.11 Å². The normalized spacial score (nSPS) is 17.9. The summed E-state index contributed by atoms with van der Waals surface area (Å²) in [7, 11) is 0. The number of anilines is 1. The summed E-state index contributed by atoms with van der Waals surface area (Å²) in [5.74, 6) is 2.41. The van der Waals surface area contributed by atoms with E-state index in [4.69, 9.17) is 4.74 Å². The molecule has 0 radical (unpaired) electrons. The van der Waals surface area contributed by atoms with Crippen molar-refractivity contribution >= 4 is 5.82 Å². The first-order chi connectivity index (χ1) is 11.6. The molecule has 0 spiro atoms. The van der Waals surface area contributed by atoms with E-state index in [0.717, 1.165) is 42.3 Å². The summed E-state index contributed by atoms with van der Waals surface area (Å²) >= 11 is 0. The molecule has 6 heteroatoms. The first kappa shape index (κ1) is 16.8. The van der Waals surface area contributed by atoms with Gasteiger partial charge in [-0.25, -0.2) is 4.68 Å². The van der Waals surface area contributed by atoms with Gasteiger partial charge in [0, 0.05) is 38.2 Å². The van der Waals surface area contributed by atoms with Gasteiger partial charge in [0.25, 0.3) is 0 Å². The van der Waals surface area contributed by atoms with E-state index < -0.39 is 6.10 Å². The quantitative estimate of drug-likeness (QED) is 0.719. The number of nitrogens with one attached hydrogen (secondary N) is 2. The fourth-order valence-corrected chi connectivity index (χ4v) is 3.04. The molecule has 6 nitrogen and oxygen atoms in total.